The third-order valence-electron chi connectivity index (χ3n) is 0.180. The first-order valence-corrected chi connectivity index (χ1v) is 4.19. The molecule has 2 nitrogen and oxygen atoms in total. The Morgan fingerprint density at radius 2 is 2.20 bits per heavy atom. The largest absolute Gasteiger partial charge is 0.504 e. The summed E-state index contributed by atoms with van der Waals surface area (Å²) < 4.78 is 9.70. The molecule has 30 valence electrons. The summed E-state index contributed by atoms with van der Waals surface area (Å²) >= 11 is 1.17. The number of nitrogens with two attached hydrogens (primary N) is 1. The molecule has 0 aromatic heterocycles. The van der Waals surface area contributed by atoms with Crippen molar-refractivity contribution in [1.82, 2.24) is 0 Å². The van der Waals surface area contributed by atoms with E-state index in [1.807, 2.05) is 0 Å². The Kier molecular flexibility index (Phi) is 2.85. The predicted octanol–water partition coefficient (Wildman–Crippen LogP) is 0.965. The first kappa shape index (κ1) is 5.41. The van der Waals surface area contributed by atoms with Crippen molar-refractivity contribution in [3.63, 3.8) is 0 Å². The Labute approximate surface area is 35.7 Å². The highest BCUT2D eigenvalue weighted by Gasteiger charge is 1.98. The first-order valence-electron chi connectivity index (χ1n) is 1.03. The Bertz CT molecular complexity index is 46.9. The molecule has 0 aliphatic heterocycles. The van der Waals surface area contributed by atoms with Crippen LogP contribution in [0.3, 0.4) is 0 Å². The second kappa shape index (κ2) is 2.64. The fourth-order valence-electron chi connectivity index (χ4n) is 0. The molecule has 0 amide bonds. The first-order chi connectivity index (χ1) is 2.27. The molecule has 0 fully saturated rings. The zero-order chi connectivity index (χ0) is 4.28. The van der Waals surface area contributed by atoms with Gasteiger partial charge in [-0.3, -0.25) is 0 Å². The van der Waals surface area contributed by atoms with E-state index in [2.05, 4.69) is 0 Å². The van der Waals surface area contributed by atoms with Gasteiger partial charge in [-0.15, -0.1) is 5.50 Å². The molecule has 0 aliphatic carbocycles. The van der Waals surface area contributed by atoms with E-state index in [0.717, 1.165) is 0 Å². The van der Waals surface area contributed by atoms with Gasteiger partial charge in [-0.2, -0.15) is 0 Å². The van der Waals surface area contributed by atoms with Crippen molar-refractivity contribution in [3.05, 3.63) is 0 Å². The van der Waals surface area contributed by atoms with Crippen LogP contribution in [0.5, 0.6) is 0 Å². The van der Waals surface area contributed by atoms with Crippen LogP contribution in [0.15, 0.2) is 0 Å². The van der Waals surface area contributed by atoms with Crippen LogP contribution in [0.4, 0.5) is 0 Å². The fraction of sp³-hybridized carbons (Fsp3) is 1.00. The highest BCUT2D eigenvalue weighted by Crippen LogP contribution is 2.23. The van der Waals surface area contributed by atoms with Crippen molar-refractivity contribution in [2.75, 3.05) is 6.26 Å². The summed E-state index contributed by atoms with van der Waals surface area (Å²) in [6.45, 7) is 0. The maximum atomic E-state index is 9.70. The van der Waals surface area contributed by atoms with Crippen LogP contribution < -0.4 is 5.50 Å². The molecule has 0 heterocycles. The molecule has 0 aromatic rings. The van der Waals surface area contributed by atoms with Gasteiger partial charge >= 0.3 is 7.15 Å². The van der Waals surface area contributed by atoms with Gasteiger partial charge in [0.2, 0.25) is 0 Å². The zero-order valence-electron chi connectivity index (χ0n) is 2.84. The summed E-state index contributed by atoms with van der Waals surface area (Å²) in [5.41, 5.74) is 4.76. The van der Waals surface area contributed by atoms with Crippen molar-refractivity contribution in [3.8, 4) is 0 Å². The quantitative estimate of drug-likeness (QED) is 0.511. The normalized spacial score (nSPS) is 11.2. The average Bonchev–Trinajstić information content (AvgIpc) is 1.38. The summed E-state index contributed by atoms with van der Waals surface area (Å²) in [6, 6.07) is 0. The lowest BCUT2D eigenvalue weighted by Gasteiger charge is -1.52. The van der Waals surface area contributed by atoms with E-state index < -0.39 is 7.15 Å². The predicted molar refractivity (Wildman–Crippen MR) is 25.3 cm³/mol. The molecule has 1 unspecified atom stereocenters. The molecule has 0 spiro atoms. The van der Waals surface area contributed by atoms with Gasteiger partial charge in [0.1, 0.15) is 11.4 Å². The topological polar surface area (TPSA) is 43.1 Å². The summed E-state index contributed by atoms with van der Waals surface area (Å²) in [5.74, 6) is 0. The molecule has 1 atom stereocenters. The van der Waals surface area contributed by atoms with Crippen LogP contribution in [0.2, 0.25) is 0 Å². The molecule has 0 radical (unpaired) electrons. The number of rotatable bonds is 1. The molecule has 0 bridgehead atoms. The standard InChI is InChI=1S/CH5NOPS/c1-5-4(2)3/h1H3,(H2,2,3)/q+1. The van der Waals surface area contributed by atoms with Crippen LogP contribution in [-0.2, 0) is 4.57 Å². The van der Waals surface area contributed by atoms with E-state index in [-0.39, 0.29) is 0 Å². The maximum absolute atomic E-state index is 9.70. The van der Waals surface area contributed by atoms with Gasteiger partial charge in [-0.25, -0.2) is 0 Å². The molecular formula is CH5NOPS+. The van der Waals surface area contributed by atoms with E-state index >= 15 is 0 Å². The second-order valence-electron chi connectivity index (χ2n) is 0.468. The Balaban J connectivity index is 2.85. The van der Waals surface area contributed by atoms with Gasteiger partial charge in [0, 0.05) is 6.26 Å². The molecule has 0 saturated heterocycles. The summed E-state index contributed by atoms with van der Waals surface area (Å²) in [7, 11) is -1.43. The fourth-order valence-corrected chi connectivity index (χ4v) is 0. The lowest BCUT2D eigenvalue weighted by Crippen LogP contribution is -1.65. The molecule has 0 saturated carbocycles. The minimum absolute atomic E-state index is 1.17. The highest BCUT2D eigenvalue weighted by molar-refractivity contribution is 8.50. The SMILES string of the molecule is CS[P+](N)=O. The smallest absolute Gasteiger partial charge is 0.111 e. The molecule has 4 heteroatoms. The van der Waals surface area contributed by atoms with Crippen molar-refractivity contribution < 1.29 is 4.57 Å². The third kappa shape index (κ3) is 4.41. The molecule has 0 aliphatic rings. The zero-order valence-corrected chi connectivity index (χ0v) is 4.55. The molecule has 0 rings (SSSR count). The van der Waals surface area contributed by atoms with Gasteiger partial charge in [-0.1, -0.05) is 0 Å². The summed E-state index contributed by atoms with van der Waals surface area (Å²) in [6.07, 6.45) is 1.71. The molecular weight excluding hydrogens is 105 g/mol. The van der Waals surface area contributed by atoms with E-state index in [1.54, 1.807) is 6.26 Å². The Morgan fingerprint density at radius 3 is 2.20 bits per heavy atom. The Hall–Kier alpha value is 0.410. The lowest BCUT2D eigenvalue weighted by atomic mass is 12.0. The third-order valence-corrected chi connectivity index (χ3v) is 1.62. The number of hydrogen-bond donors (Lipinski definition) is 1. The minimum Gasteiger partial charge on any atom is -0.111 e. The van der Waals surface area contributed by atoms with Gasteiger partial charge in [0.05, 0.1) is 0 Å². The minimum atomic E-state index is -1.43. The van der Waals surface area contributed by atoms with Crippen LogP contribution >= 0.6 is 18.5 Å². The molecule has 0 aromatic carbocycles. The lowest BCUT2D eigenvalue weighted by molar-refractivity contribution is 0.597. The van der Waals surface area contributed by atoms with Crippen molar-refractivity contribution >= 4 is 18.5 Å². The van der Waals surface area contributed by atoms with Crippen molar-refractivity contribution in [1.29, 1.82) is 0 Å². The van der Waals surface area contributed by atoms with Gasteiger partial charge in [-0.05, 0) is 4.57 Å². The van der Waals surface area contributed by atoms with Crippen LogP contribution in [0, 0.1) is 0 Å². The van der Waals surface area contributed by atoms with Gasteiger partial charge in [0.15, 0.2) is 0 Å². The van der Waals surface area contributed by atoms with Crippen molar-refractivity contribution in [2.45, 2.75) is 0 Å². The summed E-state index contributed by atoms with van der Waals surface area (Å²) in [5, 5.41) is 0. The van der Waals surface area contributed by atoms with Crippen LogP contribution in [-0.4, -0.2) is 6.26 Å². The van der Waals surface area contributed by atoms with Gasteiger partial charge < -0.3 is 0 Å². The van der Waals surface area contributed by atoms with Crippen LogP contribution in [0.1, 0.15) is 0 Å². The second-order valence-corrected chi connectivity index (χ2v) is 3.58. The molecule has 5 heavy (non-hydrogen) atoms. The van der Waals surface area contributed by atoms with E-state index in [0.29, 0.717) is 0 Å². The van der Waals surface area contributed by atoms with E-state index in [1.165, 1.54) is 11.4 Å². The molecule has 2 N–H and O–H groups in total. The average molecular weight is 110 g/mol. The maximum Gasteiger partial charge on any atom is 0.504 e. The van der Waals surface area contributed by atoms with E-state index in [4.69, 9.17) is 5.50 Å². The highest BCUT2D eigenvalue weighted by atomic mass is 32.7. The monoisotopic (exact) mass is 110 g/mol. The van der Waals surface area contributed by atoms with E-state index in [9.17, 15) is 4.57 Å². The number of hydrogen-bond acceptors (Lipinski definition) is 2. The van der Waals surface area contributed by atoms with Gasteiger partial charge in [0.25, 0.3) is 0 Å². The van der Waals surface area contributed by atoms with Crippen LogP contribution in [0.25, 0.3) is 0 Å². The summed E-state index contributed by atoms with van der Waals surface area (Å²) in [4.78, 5) is 0. The van der Waals surface area contributed by atoms with Crippen molar-refractivity contribution in [2.24, 2.45) is 5.50 Å². The Morgan fingerprint density at radius 1 is 2.00 bits per heavy atom.